The van der Waals surface area contributed by atoms with Crippen LogP contribution in [0.3, 0.4) is 0 Å². The van der Waals surface area contributed by atoms with E-state index in [1.165, 1.54) is 4.68 Å². The Morgan fingerprint density at radius 3 is 2.97 bits per heavy atom. The second kappa shape index (κ2) is 8.68. The largest absolute Gasteiger partial charge is 0.497 e. The van der Waals surface area contributed by atoms with Gasteiger partial charge in [0.05, 0.1) is 37.8 Å². The summed E-state index contributed by atoms with van der Waals surface area (Å²) in [4.78, 5) is 24.0. The minimum absolute atomic E-state index is 0.132. The molecule has 9 nitrogen and oxygen atoms in total. The first-order valence-electron chi connectivity index (χ1n) is 10.7. The molecule has 0 spiro atoms. The molecule has 1 N–H and O–H groups in total. The van der Waals surface area contributed by atoms with E-state index in [1.807, 2.05) is 24.3 Å². The van der Waals surface area contributed by atoms with Gasteiger partial charge in [-0.05, 0) is 25.2 Å². The average molecular weight is 435 g/mol. The summed E-state index contributed by atoms with van der Waals surface area (Å²) in [7, 11) is 3.72. The topological polar surface area (TPSA) is 94.4 Å². The van der Waals surface area contributed by atoms with Crippen LogP contribution in [-0.4, -0.2) is 64.6 Å². The van der Waals surface area contributed by atoms with Gasteiger partial charge in [0, 0.05) is 36.7 Å². The van der Waals surface area contributed by atoms with Crippen molar-refractivity contribution in [3.63, 3.8) is 0 Å². The Balaban J connectivity index is 1.45. The van der Waals surface area contributed by atoms with Crippen molar-refractivity contribution in [2.24, 2.45) is 0 Å². The molecule has 1 fully saturated rings. The number of rotatable bonds is 5. The number of nitrogens with one attached hydrogen (secondary N) is 1. The molecule has 2 unspecified atom stereocenters. The molecule has 0 bridgehead atoms. The Morgan fingerprint density at radius 2 is 2.09 bits per heavy atom. The number of nitrogens with zero attached hydrogens (tertiary/aromatic N) is 5. The number of fused-ring (bicyclic) bond motifs is 1. The van der Waals surface area contributed by atoms with Gasteiger partial charge in [0.2, 0.25) is 0 Å². The van der Waals surface area contributed by atoms with Crippen molar-refractivity contribution >= 4 is 5.82 Å². The van der Waals surface area contributed by atoms with Gasteiger partial charge < -0.3 is 19.7 Å². The van der Waals surface area contributed by atoms with E-state index in [4.69, 9.17) is 9.47 Å². The molecule has 2 aliphatic heterocycles. The van der Waals surface area contributed by atoms with E-state index in [1.54, 1.807) is 25.6 Å². The van der Waals surface area contributed by atoms with Crippen LogP contribution in [0.25, 0.3) is 11.3 Å². The normalized spacial score (nSPS) is 20.7. The van der Waals surface area contributed by atoms with Crippen molar-refractivity contribution < 1.29 is 9.47 Å². The number of hydrogen-bond acceptors (Lipinski definition) is 8. The molecule has 0 aliphatic carbocycles. The fraction of sp³-hybridized carbons (Fsp3) is 0.391. The summed E-state index contributed by atoms with van der Waals surface area (Å²) in [5, 5.41) is 8.20. The van der Waals surface area contributed by atoms with E-state index >= 15 is 0 Å². The molecule has 2 aliphatic rings. The molecular weight excluding hydrogens is 408 g/mol. The van der Waals surface area contributed by atoms with Crippen LogP contribution >= 0.6 is 0 Å². The highest BCUT2D eigenvalue weighted by molar-refractivity contribution is 5.60. The maximum atomic E-state index is 12.7. The minimum atomic E-state index is -0.250. The highest BCUT2D eigenvalue weighted by Gasteiger charge is 2.33. The number of likely N-dealkylation sites (N-methyl/N-ethyl adjacent to an activating group) is 1. The second-order valence-corrected chi connectivity index (χ2v) is 8.22. The first-order valence-corrected chi connectivity index (χ1v) is 10.7. The van der Waals surface area contributed by atoms with Crippen LogP contribution in [0.4, 0.5) is 5.82 Å². The maximum Gasteiger partial charge on any atom is 0.267 e. The molecular formula is C23H26N6O3. The van der Waals surface area contributed by atoms with Crippen LogP contribution in [0.5, 0.6) is 5.75 Å². The van der Waals surface area contributed by atoms with E-state index in [9.17, 15) is 4.79 Å². The van der Waals surface area contributed by atoms with Crippen molar-refractivity contribution in [2.75, 3.05) is 39.2 Å². The Kier molecular flexibility index (Phi) is 5.59. The van der Waals surface area contributed by atoms with E-state index in [0.717, 1.165) is 47.9 Å². The zero-order chi connectivity index (χ0) is 22.1. The molecule has 3 aromatic rings. The molecule has 166 valence electrons. The third-order valence-electron chi connectivity index (χ3n) is 6.07. The number of ether oxygens (including phenoxy) is 2. The van der Waals surface area contributed by atoms with E-state index < -0.39 is 0 Å². The predicted octanol–water partition coefficient (Wildman–Crippen LogP) is 1.75. The van der Waals surface area contributed by atoms with Crippen LogP contribution in [-0.2, 0) is 17.7 Å². The molecule has 0 amide bonds. The molecule has 32 heavy (non-hydrogen) atoms. The molecule has 1 saturated heterocycles. The van der Waals surface area contributed by atoms with Gasteiger partial charge in [-0.15, -0.1) is 0 Å². The van der Waals surface area contributed by atoms with Crippen LogP contribution in [0.1, 0.15) is 17.3 Å². The van der Waals surface area contributed by atoms with Gasteiger partial charge >= 0.3 is 0 Å². The third-order valence-corrected chi connectivity index (χ3v) is 6.07. The number of benzene rings is 1. The van der Waals surface area contributed by atoms with Crippen LogP contribution in [0.2, 0.25) is 0 Å². The lowest BCUT2D eigenvalue weighted by Crippen LogP contribution is -2.38. The van der Waals surface area contributed by atoms with Gasteiger partial charge in [0.25, 0.3) is 5.56 Å². The molecule has 4 heterocycles. The van der Waals surface area contributed by atoms with Gasteiger partial charge in [0.15, 0.2) is 0 Å². The first kappa shape index (κ1) is 20.6. The van der Waals surface area contributed by atoms with Gasteiger partial charge in [0.1, 0.15) is 23.9 Å². The summed E-state index contributed by atoms with van der Waals surface area (Å²) in [5.74, 6) is 1.54. The monoisotopic (exact) mass is 434 g/mol. The lowest BCUT2D eigenvalue weighted by atomic mass is 10.1. The third kappa shape index (κ3) is 3.96. The molecule has 2 atom stereocenters. The number of hydrogen-bond donors (Lipinski definition) is 1. The fourth-order valence-electron chi connectivity index (χ4n) is 4.30. The van der Waals surface area contributed by atoms with E-state index in [-0.39, 0.29) is 17.6 Å². The van der Waals surface area contributed by atoms with Crippen molar-refractivity contribution in [2.45, 2.75) is 25.0 Å². The van der Waals surface area contributed by atoms with Crippen molar-refractivity contribution in [3.05, 3.63) is 64.3 Å². The summed E-state index contributed by atoms with van der Waals surface area (Å²) in [6, 6.07) is 10.5. The SMILES string of the molecule is COc1cccc(-c2ccc(=O)n(C3COCC3Nc3ncnc4c3CN(C)CC4)n2)c1. The summed E-state index contributed by atoms with van der Waals surface area (Å²) in [5.41, 5.74) is 3.61. The Hall–Kier alpha value is -3.30. The van der Waals surface area contributed by atoms with E-state index in [0.29, 0.717) is 18.9 Å². The highest BCUT2D eigenvalue weighted by Crippen LogP contribution is 2.27. The molecule has 0 radical (unpaired) electrons. The number of aromatic nitrogens is 4. The molecule has 1 aromatic carbocycles. The smallest absolute Gasteiger partial charge is 0.267 e. The number of methoxy groups -OCH3 is 1. The second-order valence-electron chi connectivity index (χ2n) is 8.22. The summed E-state index contributed by atoms with van der Waals surface area (Å²) >= 11 is 0. The Morgan fingerprint density at radius 1 is 1.19 bits per heavy atom. The highest BCUT2D eigenvalue weighted by atomic mass is 16.5. The first-order chi connectivity index (χ1) is 15.6. The van der Waals surface area contributed by atoms with Crippen molar-refractivity contribution in [3.8, 4) is 17.0 Å². The summed E-state index contributed by atoms with van der Waals surface area (Å²) in [6.45, 7) is 2.64. The van der Waals surface area contributed by atoms with E-state index in [2.05, 4.69) is 32.3 Å². The predicted molar refractivity (Wildman–Crippen MR) is 120 cm³/mol. The molecule has 0 saturated carbocycles. The zero-order valence-electron chi connectivity index (χ0n) is 18.2. The lowest BCUT2D eigenvalue weighted by Gasteiger charge is -2.27. The van der Waals surface area contributed by atoms with Crippen LogP contribution in [0, 0.1) is 0 Å². The summed E-state index contributed by atoms with van der Waals surface area (Å²) in [6.07, 6.45) is 2.50. The lowest BCUT2D eigenvalue weighted by molar-refractivity contribution is 0.183. The van der Waals surface area contributed by atoms with Gasteiger partial charge in [-0.1, -0.05) is 12.1 Å². The molecule has 5 rings (SSSR count). The molecule has 9 heteroatoms. The standard InChI is InChI=1S/C23H26N6O3/c1-28-9-8-19-17(11-28)23(25-14-24-19)26-20-12-32-13-21(20)29-22(30)7-6-18(27-29)15-4-3-5-16(10-15)31-2/h3-7,10,14,20-21H,8-9,11-13H2,1-2H3,(H,24,25,26). The van der Waals surface area contributed by atoms with Gasteiger partial charge in [-0.3, -0.25) is 4.79 Å². The Bertz CT molecular complexity index is 1180. The summed E-state index contributed by atoms with van der Waals surface area (Å²) < 4.78 is 12.6. The van der Waals surface area contributed by atoms with Crippen molar-refractivity contribution in [1.29, 1.82) is 0 Å². The van der Waals surface area contributed by atoms with Gasteiger partial charge in [-0.25, -0.2) is 14.6 Å². The van der Waals surface area contributed by atoms with Crippen LogP contribution < -0.4 is 15.6 Å². The quantitative estimate of drug-likeness (QED) is 0.649. The fourth-order valence-corrected chi connectivity index (χ4v) is 4.30. The molecule has 2 aromatic heterocycles. The van der Waals surface area contributed by atoms with Crippen molar-refractivity contribution in [1.82, 2.24) is 24.6 Å². The average Bonchev–Trinajstić information content (AvgIpc) is 3.27. The Labute approximate surface area is 186 Å². The number of anilines is 1. The zero-order valence-corrected chi connectivity index (χ0v) is 18.2. The van der Waals surface area contributed by atoms with Gasteiger partial charge in [-0.2, -0.15) is 5.10 Å². The minimum Gasteiger partial charge on any atom is -0.497 e. The maximum absolute atomic E-state index is 12.7. The van der Waals surface area contributed by atoms with Crippen LogP contribution in [0.15, 0.2) is 47.5 Å².